The summed E-state index contributed by atoms with van der Waals surface area (Å²) in [5, 5.41) is 5.78. The molecule has 0 aromatic heterocycles. The fourth-order valence-corrected chi connectivity index (χ4v) is 4.65. The van der Waals surface area contributed by atoms with Crippen LogP contribution >= 0.6 is 11.6 Å². The Bertz CT molecular complexity index is 1200. The van der Waals surface area contributed by atoms with Crippen molar-refractivity contribution in [3.05, 3.63) is 64.2 Å². The zero-order valence-electron chi connectivity index (χ0n) is 23.0. The molecule has 1 saturated carbocycles. The summed E-state index contributed by atoms with van der Waals surface area (Å²) in [5.74, 6) is -1.84. The van der Waals surface area contributed by atoms with Crippen LogP contribution in [0.1, 0.15) is 69.2 Å². The van der Waals surface area contributed by atoms with Gasteiger partial charge in [0.05, 0.1) is 17.1 Å². The smallest absolute Gasteiger partial charge is 0.408 e. The van der Waals surface area contributed by atoms with Gasteiger partial charge in [0.15, 0.2) is 0 Å². The first-order valence-electron chi connectivity index (χ1n) is 13.0. The summed E-state index contributed by atoms with van der Waals surface area (Å²) in [6.07, 6.45) is 0.899. The number of benzene rings is 2. The van der Waals surface area contributed by atoms with Gasteiger partial charge in [-0.3, -0.25) is 14.4 Å². The predicted octanol–water partition coefficient (Wildman–Crippen LogP) is 4.79. The maximum Gasteiger partial charge on any atom is 0.408 e. The first-order chi connectivity index (χ1) is 18.3. The molecule has 10 heteroatoms. The van der Waals surface area contributed by atoms with Crippen molar-refractivity contribution in [2.24, 2.45) is 5.73 Å². The highest BCUT2D eigenvalue weighted by Gasteiger charge is 2.42. The number of nitrogens with zero attached hydrogens (tertiary/aromatic N) is 1. The molecule has 0 spiro atoms. The van der Waals surface area contributed by atoms with Crippen LogP contribution in [-0.4, -0.2) is 46.4 Å². The van der Waals surface area contributed by atoms with Crippen LogP contribution in [0.25, 0.3) is 0 Å². The lowest BCUT2D eigenvalue weighted by Gasteiger charge is -2.43. The highest BCUT2D eigenvalue weighted by Crippen LogP contribution is 2.35. The maximum absolute atomic E-state index is 14.1. The number of alkyl carbamates (subject to hydrolysis) is 1. The fraction of sp³-hybridized carbons (Fsp3) is 0.448. The Balaban J connectivity index is 2.05. The van der Waals surface area contributed by atoms with Crippen LogP contribution < -0.4 is 16.4 Å². The molecule has 1 aliphatic carbocycles. The first-order valence-corrected chi connectivity index (χ1v) is 13.4. The van der Waals surface area contributed by atoms with E-state index in [1.807, 2.05) is 32.0 Å². The highest BCUT2D eigenvalue weighted by molar-refractivity contribution is 6.34. The summed E-state index contributed by atoms with van der Waals surface area (Å²) in [6, 6.07) is 9.93. The molecular formula is C29H37ClN4O5. The van der Waals surface area contributed by atoms with Crippen LogP contribution in [0.2, 0.25) is 5.02 Å². The monoisotopic (exact) mass is 556 g/mol. The molecule has 2 aromatic carbocycles. The molecule has 0 radical (unpaired) electrons. The number of aryl methyl sites for hydroxylation is 2. The lowest BCUT2D eigenvalue weighted by Crippen LogP contribution is -2.57. The summed E-state index contributed by atoms with van der Waals surface area (Å²) in [5.41, 5.74) is 7.41. The number of primary amides is 1. The van der Waals surface area contributed by atoms with E-state index in [1.54, 1.807) is 45.0 Å². The SMILES string of the molecule is Cc1ccc(C(C(=O)Nc2c(C)cccc2Cl)N(C(=O)C(CC(N)=O)NC(=O)OC(C)(C)C)C2CCC2)cc1. The second-order valence-corrected chi connectivity index (χ2v) is 11.3. The Hall–Kier alpha value is -3.59. The van der Waals surface area contributed by atoms with Crippen LogP contribution in [0.4, 0.5) is 10.5 Å². The molecule has 9 nitrogen and oxygen atoms in total. The van der Waals surface area contributed by atoms with Gasteiger partial charge in [0.2, 0.25) is 11.8 Å². The van der Waals surface area contributed by atoms with Gasteiger partial charge in [-0.1, -0.05) is 53.6 Å². The van der Waals surface area contributed by atoms with E-state index in [1.165, 1.54) is 4.90 Å². The summed E-state index contributed by atoms with van der Waals surface area (Å²) in [7, 11) is 0. The molecular weight excluding hydrogens is 520 g/mol. The van der Waals surface area contributed by atoms with E-state index >= 15 is 0 Å². The largest absolute Gasteiger partial charge is 0.444 e. The van der Waals surface area contributed by atoms with Crippen LogP contribution in [0.3, 0.4) is 0 Å². The van der Waals surface area contributed by atoms with Crippen LogP contribution in [0.5, 0.6) is 0 Å². The van der Waals surface area contributed by atoms with Crippen LogP contribution in [0.15, 0.2) is 42.5 Å². The summed E-state index contributed by atoms with van der Waals surface area (Å²) in [4.78, 5) is 54.1. The standard InChI is InChI=1S/C29H37ClN4O5/c1-17-12-14-19(15-13-17)25(26(36)33-24-18(2)8-6-11-21(24)30)34(20-9-7-10-20)27(37)22(16-23(31)35)32-28(38)39-29(3,4)5/h6,8,11-15,20,22,25H,7,9-10,16H2,1-5H3,(H2,31,35)(H,32,38)(H,33,36). The van der Waals surface area contributed by atoms with E-state index in [9.17, 15) is 19.2 Å². The van der Waals surface area contributed by atoms with Crippen molar-refractivity contribution >= 4 is 41.1 Å². The summed E-state index contributed by atoms with van der Waals surface area (Å²) < 4.78 is 5.32. The summed E-state index contributed by atoms with van der Waals surface area (Å²) in [6.45, 7) is 8.81. The van der Waals surface area contributed by atoms with Gasteiger partial charge in [0.1, 0.15) is 17.7 Å². The number of halogens is 1. The van der Waals surface area contributed by atoms with E-state index in [0.717, 1.165) is 17.5 Å². The molecule has 0 saturated heterocycles. The first kappa shape index (κ1) is 30.0. The fourth-order valence-electron chi connectivity index (χ4n) is 4.38. The number of hydrogen-bond donors (Lipinski definition) is 3. The second kappa shape index (κ2) is 12.5. The Morgan fingerprint density at radius 3 is 2.23 bits per heavy atom. The highest BCUT2D eigenvalue weighted by atomic mass is 35.5. The van der Waals surface area contributed by atoms with E-state index < -0.39 is 47.9 Å². The Kier molecular flexibility index (Phi) is 9.61. The van der Waals surface area contributed by atoms with Crippen molar-refractivity contribution in [3.8, 4) is 0 Å². The molecule has 4 amide bonds. The lowest BCUT2D eigenvalue weighted by molar-refractivity contribution is -0.146. The average Bonchev–Trinajstić information content (AvgIpc) is 2.78. The third-order valence-corrected chi connectivity index (χ3v) is 6.82. The van der Waals surface area contributed by atoms with Gasteiger partial charge in [-0.05, 0) is 71.1 Å². The van der Waals surface area contributed by atoms with Gasteiger partial charge >= 0.3 is 6.09 Å². The number of ether oxygens (including phenoxy) is 1. The van der Waals surface area contributed by atoms with Crippen molar-refractivity contribution < 1.29 is 23.9 Å². The van der Waals surface area contributed by atoms with Crippen LogP contribution in [0, 0.1) is 13.8 Å². The number of para-hydroxylation sites is 1. The molecule has 2 aromatic rings. The van der Waals surface area contributed by atoms with Crippen molar-refractivity contribution in [2.45, 2.75) is 84.0 Å². The molecule has 1 aliphatic rings. The quantitative estimate of drug-likeness (QED) is 0.409. The predicted molar refractivity (Wildman–Crippen MR) is 150 cm³/mol. The number of nitrogens with one attached hydrogen (secondary N) is 2. The zero-order chi connectivity index (χ0) is 28.9. The molecule has 2 unspecified atom stereocenters. The lowest BCUT2D eigenvalue weighted by atomic mass is 9.87. The van der Waals surface area contributed by atoms with E-state index in [0.29, 0.717) is 29.1 Å². The van der Waals surface area contributed by atoms with E-state index in [4.69, 9.17) is 22.1 Å². The van der Waals surface area contributed by atoms with Gasteiger partial charge in [0.25, 0.3) is 5.91 Å². The second-order valence-electron chi connectivity index (χ2n) is 10.9. The third-order valence-electron chi connectivity index (χ3n) is 6.51. The molecule has 3 rings (SSSR count). The van der Waals surface area contributed by atoms with Crippen molar-refractivity contribution in [2.75, 3.05) is 5.32 Å². The van der Waals surface area contributed by atoms with Gasteiger partial charge in [0, 0.05) is 6.04 Å². The number of carbonyl (C=O) groups is 4. The Labute approximate surface area is 234 Å². The maximum atomic E-state index is 14.1. The Morgan fingerprint density at radius 1 is 1.08 bits per heavy atom. The number of nitrogens with two attached hydrogens (primary N) is 1. The normalized spacial score (nSPS) is 14.9. The molecule has 0 heterocycles. The number of carbonyl (C=O) groups excluding carboxylic acids is 4. The zero-order valence-corrected chi connectivity index (χ0v) is 23.8. The summed E-state index contributed by atoms with van der Waals surface area (Å²) >= 11 is 6.40. The average molecular weight is 557 g/mol. The van der Waals surface area contributed by atoms with Gasteiger partial charge in [-0.15, -0.1) is 0 Å². The van der Waals surface area contributed by atoms with Crippen LogP contribution in [-0.2, 0) is 19.1 Å². The van der Waals surface area contributed by atoms with Gasteiger partial charge in [-0.25, -0.2) is 4.79 Å². The van der Waals surface area contributed by atoms with E-state index in [2.05, 4.69) is 10.6 Å². The molecule has 0 aliphatic heterocycles. The number of hydrogen-bond acceptors (Lipinski definition) is 5. The van der Waals surface area contributed by atoms with Gasteiger partial charge < -0.3 is 26.0 Å². The molecule has 1 fully saturated rings. The van der Waals surface area contributed by atoms with Gasteiger partial charge in [-0.2, -0.15) is 0 Å². The Morgan fingerprint density at radius 2 is 1.72 bits per heavy atom. The van der Waals surface area contributed by atoms with Crippen molar-refractivity contribution in [1.29, 1.82) is 0 Å². The topological polar surface area (TPSA) is 131 Å². The minimum atomic E-state index is -1.32. The van der Waals surface area contributed by atoms with Crippen molar-refractivity contribution in [3.63, 3.8) is 0 Å². The number of anilines is 1. The van der Waals surface area contributed by atoms with E-state index in [-0.39, 0.29) is 6.04 Å². The molecule has 2 atom stereocenters. The molecule has 0 bridgehead atoms. The third kappa shape index (κ3) is 7.95. The van der Waals surface area contributed by atoms with Crippen molar-refractivity contribution in [1.82, 2.24) is 10.2 Å². The molecule has 4 N–H and O–H groups in total. The number of rotatable bonds is 9. The molecule has 39 heavy (non-hydrogen) atoms. The minimum absolute atomic E-state index is 0.280. The number of amides is 4. The minimum Gasteiger partial charge on any atom is -0.444 e. The molecule has 210 valence electrons.